The maximum absolute atomic E-state index is 12.9. The van der Waals surface area contributed by atoms with Gasteiger partial charge in [0.05, 0.1) is 11.1 Å². The zero-order valence-electron chi connectivity index (χ0n) is 30.9. The Bertz CT molecular complexity index is 1750. The van der Waals surface area contributed by atoms with E-state index < -0.39 is 46.3 Å². The van der Waals surface area contributed by atoms with Crippen molar-refractivity contribution in [2.75, 3.05) is 0 Å². The molecule has 0 radical (unpaired) electrons. The van der Waals surface area contributed by atoms with Crippen molar-refractivity contribution in [2.45, 2.75) is 97.6 Å². The van der Waals surface area contributed by atoms with E-state index in [0.29, 0.717) is 46.8 Å². The lowest BCUT2D eigenvalue weighted by Gasteiger charge is -2.34. The van der Waals surface area contributed by atoms with E-state index in [0.717, 1.165) is 12.2 Å². The molecule has 0 aliphatic carbocycles. The number of hydrogen-bond donors (Lipinski definition) is 0. The van der Waals surface area contributed by atoms with Gasteiger partial charge in [-0.2, -0.15) is 0 Å². The Kier molecular flexibility index (Phi) is 12.6. The molecule has 3 aromatic carbocycles. The van der Waals surface area contributed by atoms with Crippen molar-refractivity contribution in [1.82, 2.24) is 0 Å². The first-order valence-corrected chi connectivity index (χ1v) is 16.5. The van der Waals surface area contributed by atoms with Crippen molar-refractivity contribution < 1.29 is 47.6 Å². The van der Waals surface area contributed by atoms with Crippen molar-refractivity contribution in [3.8, 4) is 23.0 Å². The van der Waals surface area contributed by atoms with Crippen LogP contribution in [0.15, 0.2) is 92.0 Å². The first kappa shape index (κ1) is 40.1. The van der Waals surface area contributed by atoms with E-state index >= 15 is 0 Å². The van der Waals surface area contributed by atoms with Gasteiger partial charge in [-0.3, -0.25) is 0 Å². The maximum Gasteiger partial charge on any atom is 0.343 e. The second kappa shape index (κ2) is 16.1. The number of carbonyl (C=O) groups excluding carboxylic acids is 4. The topological polar surface area (TPSA) is 124 Å². The first-order valence-electron chi connectivity index (χ1n) is 16.5. The second-order valence-electron chi connectivity index (χ2n) is 14.6. The summed E-state index contributed by atoms with van der Waals surface area (Å²) in [6, 6.07) is 17.8. The molecule has 3 aromatic rings. The van der Waals surface area contributed by atoms with E-state index in [1.54, 1.807) is 101 Å². The van der Waals surface area contributed by atoms with Crippen molar-refractivity contribution in [3.63, 3.8) is 0 Å². The molecule has 0 atom stereocenters. The minimum absolute atomic E-state index is 0.279. The second-order valence-corrected chi connectivity index (χ2v) is 14.6. The molecule has 10 heteroatoms. The molecule has 0 aliphatic rings. The molecule has 0 unspecified atom stereocenters. The number of rotatable bonds is 16. The number of aryl methyl sites for hydroxylation is 1. The Hall–Kier alpha value is -5.38. The molecular formula is C41H48O10. The third kappa shape index (κ3) is 12.8. The van der Waals surface area contributed by atoms with Crippen LogP contribution >= 0.6 is 0 Å². The summed E-state index contributed by atoms with van der Waals surface area (Å²) >= 11 is 0. The van der Waals surface area contributed by atoms with E-state index in [1.807, 2.05) is 27.7 Å². The Morgan fingerprint density at radius 3 is 1.29 bits per heavy atom. The fourth-order valence-corrected chi connectivity index (χ4v) is 5.90. The van der Waals surface area contributed by atoms with Gasteiger partial charge < -0.3 is 28.4 Å². The number of esters is 4. The lowest BCUT2D eigenvalue weighted by atomic mass is 9.92. The zero-order chi connectivity index (χ0) is 38.2. The van der Waals surface area contributed by atoms with E-state index in [1.165, 1.54) is 0 Å². The average Bonchev–Trinajstić information content (AvgIpc) is 3.00. The molecule has 272 valence electrons. The van der Waals surface area contributed by atoms with Gasteiger partial charge in [0.1, 0.15) is 45.4 Å². The van der Waals surface area contributed by atoms with Gasteiger partial charge in [0.2, 0.25) is 0 Å². The van der Waals surface area contributed by atoms with Crippen LogP contribution in [0.2, 0.25) is 0 Å². The van der Waals surface area contributed by atoms with Crippen LogP contribution in [0.5, 0.6) is 23.0 Å². The number of benzene rings is 3. The van der Waals surface area contributed by atoms with Crippen LogP contribution in [0.3, 0.4) is 0 Å². The largest absolute Gasteiger partial charge is 0.488 e. The van der Waals surface area contributed by atoms with Crippen molar-refractivity contribution >= 4 is 23.9 Å². The van der Waals surface area contributed by atoms with Crippen molar-refractivity contribution in [2.24, 2.45) is 0 Å². The highest BCUT2D eigenvalue weighted by Crippen LogP contribution is 2.31. The zero-order valence-corrected chi connectivity index (χ0v) is 30.9. The Balaban J connectivity index is 1.57. The monoisotopic (exact) mass is 700 g/mol. The van der Waals surface area contributed by atoms with Gasteiger partial charge in [-0.25, -0.2) is 19.2 Å². The molecule has 0 bridgehead atoms. The lowest BCUT2D eigenvalue weighted by molar-refractivity contribution is -0.155. The summed E-state index contributed by atoms with van der Waals surface area (Å²) in [5.41, 5.74) is -1.73. The molecule has 0 amide bonds. The van der Waals surface area contributed by atoms with Crippen LogP contribution in [0.25, 0.3) is 0 Å². The molecule has 0 saturated carbocycles. The van der Waals surface area contributed by atoms with Crippen molar-refractivity contribution in [3.05, 3.63) is 109 Å². The van der Waals surface area contributed by atoms with Gasteiger partial charge >= 0.3 is 23.9 Å². The first-order chi connectivity index (χ1) is 23.6. The van der Waals surface area contributed by atoms with Gasteiger partial charge in [0.15, 0.2) is 0 Å². The maximum atomic E-state index is 12.9. The Morgan fingerprint density at radius 2 is 0.922 bits per heavy atom. The van der Waals surface area contributed by atoms with Crippen LogP contribution < -0.4 is 18.9 Å². The van der Waals surface area contributed by atoms with Crippen LogP contribution in [0.1, 0.15) is 94.5 Å². The third-order valence-electron chi connectivity index (χ3n) is 7.32. The predicted molar refractivity (Wildman–Crippen MR) is 193 cm³/mol. The van der Waals surface area contributed by atoms with Crippen LogP contribution in [0.4, 0.5) is 0 Å². The smallest absolute Gasteiger partial charge is 0.343 e. The minimum Gasteiger partial charge on any atom is -0.488 e. The van der Waals surface area contributed by atoms with E-state index in [-0.39, 0.29) is 5.75 Å². The highest BCUT2D eigenvalue weighted by molar-refractivity contribution is 5.92. The number of hydrogen-bond acceptors (Lipinski definition) is 10. The van der Waals surface area contributed by atoms with E-state index in [2.05, 4.69) is 13.2 Å². The molecule has 0 saturated heterocycles. The number of carbonyl (C=O) groups is 4. The molecule has 0 heterocycles. The summed E-state index contributed by atoms with van der Waals surface area (Å²) in [5, 5.41) is 0. The van der Waals surface area contributed by atoms with Crippen LogP contribution in [0, 0.1) is 6.92 Å². The molecule has 10 nitrogen and oxygen atoms in total. The molecule has 0 spiro atoms. The SMILES string of the molecule is C=CC(=O)OC(C)(C)CC(C)(C)Oc1ccc(C(=O)Oc2ccc(OC(=O)c3ccc(OC(C)(C)CC(C)(C)OC(=O)C=C)cc3)c(C)c2)cc1. The molecule has 0 fully saturated rings. The Morgan fingerprint density at radius 1 is 0.549 bits per heavy atom. The van der Waals surface area contributed by atoms with Gasteiger partial charge in [-0.15, -0.1) is 0 Å². The fraction of sp³-hybridized carbons (Fsp3) is 0.366. The summed E-state index contributed by atoms with van der Waals surface area (Å²) in [6.07, 6.45) is 3.06. The number of ether oxygens (including phenoxy) is 6. The van der Waals surface area contributed by atoms with Gasteiger partial charge in [0.25, 0.3) is 0 Å². The quantitative estimate of drug-likeness (QED) is 0.0816. The van der Waals surface area contributed by atoms with Crippen LogP contribution in [-0.2, 0) is 19.1 Å². The van der Waals surface area contributed by atoms with Gasteiger partial charge in [-0.05, 0) is 135 Å². The summed E-state index contributed by atoms with van der Waals surface area (Å²) in [7, 11) is 0. The van der Waals surface area contributed by atoms with Gasteiger partial charge in [0, 0.05) is 25.0 Å². The highest BCUT2D eigenvalue weighted by Gasteiger charge is 2.34. The Labute approximate surface area is 300 Å². The normalized spacial score (nSPS) is 11.9. The minimum atomic E-state index is -0.783. The third-order valence-corrected chi connectivity index (χ3v) is 7.32. The van der Waals surface area contributed by atoms with E-state index in [9.17, 15) is 19.2 Å². The average molecular weight is 701 g/mol. The predicted octanol–water partition coefficient (Wildman–Crippen LogP) is 8.54. The molecule has 0 aliphatic heterocycles. The summed E-state index contributed by atoms with van der Waals surface area (Å²) in [6.45, 7) is 23.3. The molecule has 0 N–H and O–H groups in total. The standard InChI is InChI=1S/C41H48O10/c1-12-34(42)50-40(8,9)25-38(4,5)48-30-18-14-28(15-19-30)36(44)46-32-22-23-33(27(3)24-32)47-37(45)29-16-20-31(21-17-29)49-39(6,7)26-41(10,11)51-35(43)13-2/h12-24H,1-2,25-26H2,3-11H3. The van der Waals surface area contributed by atoms with Gasteiger partial charge in [-0.1, -0.05) is 13.2 Å². The van der Waals surface area contributed by atoms with E-state index in [4.69, 9.17) is 28.4 Å². The summed E-state index contributed by atoms with van der Waals surface area (Å²) in [5.74, 6) is -0.511. The molecule has 0 aromatic heterocycles. The molecule has 51 heavy (non-hydrogen) atoms. The molecule has 3 rings (SSSR count). The summed E-state index contributed by atoms with van der Waals surface area (Å²) < 4.78 is 34.3. The van der Waals surface area contributed by atoms with Crippen LogP contribution in [-0.4, -0.2) is 46.3 Å². The fourth-order valence-electron chi connectivity index (χ4n) is 5.90. The van der Waals surface area contributed by atoms with Crippen molar-refractivity contribution in [1.29, 1.82) is 0 Å². The highest BCUT2D eigenvalue weighted by atomic mass is 16.6. The lowest BCUT2D eigenvalue weighted by Crippen LogP contribution is -2.40. The molecular weight excluding hydrogens is 652 g/mol. The summed E-state index contributed by atoms with van der Waals surface area (Å²) in [4.78, 5) is 49.2.